The highest BCUT2D eigenvalue weighted by Gasteiger charge is 2.37. The zero-order chi connectivity index (χ0) is 21.5. The smallest absolute Gasteiger partial charge is 0.257 e. The van der Waals surface area contributed by atoms with Crippen LogP contribution in [0.5, 0.6) is 0 Å². The molecule has 0 saturated carbocycles. The van der Waals surface area contributed by atoms with Crippen LogP contribution in [-0.4, -0.2) is 67.6 Å². The van der Waals surface area contributed by atoms with E-state index in [2.05, 4.69) is 9.80 Å². The third kappa shape index (κ3) is 3.63. The topological polar surface area (TPSA) is 47.1 Å². The molecule has 6 nitrogen and oxygen atoms in total. The molecule has 2 saturated heterocycles. The van der Waals surface area contributed by atoms with E-state index in [0.717, 1.165) is 55.3 Å². The van der Waals surface area contributed by atoms with Crippen molar-refractivity contribution in [1.82, 2.24) is 9.80 Å². The van der Waals surface area contributed by atoms with Crippen LogP contribution in [0.3, 0.4) is 0 Å². The minimum absolute atomic E-state index is 0.0329. The Hall–Kier alpha value is -2.73. The van der Waals surface area contributed by atoms with Gasteiger partial charge >= 0.3 is 0 Å². The van der Waals surface area contributed by atoms with Crippen molar-refractivity contribution in [2.24, 2.45) is 0 Å². The van der Waals surface area contributed by atoms with Crippen molar-refractivity contribution in [3.63, 3.8) is 0 Å². The Balaban J connectivity index is 1.31. The molecule has 2 aromatic rings. The first-order valence-corrected chi connectivity index (χ1v) is 11.4. The van der Waals surface area contributed by atoms with Crippen LogP contribution in [0.1, 0.15) is 40.0 Å². The van der Waals surface area contributed by atoms with Gasteiger partial charge in [-0.2, -0.15) is 0 Å². The summed E-state index contributed by atoms with van der Waals surface area (Å²) in [5.74, 6) is 0.124. The van der Waals surface area contributed by atoms with E-state index in [0.29, 0.717) is 24.2 Å². The van der Waals surface area contributed by atoms with E-state index in [1.165, 1.54) is 0 Å². The number of benzene rings is 2. The van der Waals surface area contributed by atoms with Crippen LogP contribution < -0.4 is 9.80 Å². The molecule has 162 valence electrons. The summed E-state index contributed by atoms with van der Waals surface area (Å²) in [5.41, 5.74) is 3.36. The van der Waals surface area contributed by atoms with Gasteiger partial charge in [0.05, 0.1) is 11.3 Å². The maximum absolute atomic E-state index is 13.2. The number of hydrogen-bond acceptors (Lipinski definition) is 4. The molecule has 2 fully saturated rings. The lowest BCUT2D eigenvalue weighted by atomic mass is 9.97. The number of nitrogens with zero attached hydrogens (tertiary/aromatic N) is 4. The zero-order valence-corrected chi connectivity index (χ0v) is 18.5. The number of piperazine rings is 1. The van der Waals surface area contributed by atoms with E-state index in [1.54, 1.807) is 0 Å². The van der Waals surface area contributed by atoms with Gasteiger partial charge in [-0.05, 0) is 61.7 Å². The quantitative estimate of drug-likeness (QED) is 0.717. The summed E-state index contributed by atoms with van der Waals surface area (Å²) in [5, 5.41) is 0.727. The average molecular weight is 439 g/mol. The van der Waals surface area contributed by atoms with Gasteiger partial charge in [-0.3, -0.25) is 9.59 Å². The third-order valence-electron chi connectivity index (χ3n) is 6.79. The van der Waals surface area contributed by atoms with E-state index in [4.69, 9.17) is 11.6 Å². The normalized spacial score (nSPS) is 21.1. The largest absolute Gasteiger partial charge is 0.368 e. The summed E-state index contributed by atoms with van der Waals surface area (Å²) >= 11 is 5.99. The van der Waals surface area contributed by atoms with Gasteiger partial charge in [0.2, 0.25) is 0 Å². The van der Waals surface area contributed by atoms with Crippen molar-refractivity contribution in [2.45, 2.75) is 25.4 Å². The minimum Gasteiger partial charge on any atom is -0.368 e. The Morgan fingerprint density at radius 2 is 1.71 bits per heavy atom. The molecule has 0 spiro atoms. The molecule has 1 atom stereocenters. The van der Waals surface area contributed by atoms with Crippen LogP contribution in [0.2, 0.25) is 5.02 Å². The van der Waals surface area contributed by atoms with Crippen molar-refractivity contribution >= 4 is 34.8 Å². The van der Waals surface area contributed by atoms with Crippen molar-refractivity contribution in [1.29, 1.82) is 0 Å². The number of amides is 2. The summed E-state index contributed by atoms with van der Waals surface area (Å²) in [6, 6.07) is 13.4. The highest BCUT2D eigenvalue weighted by molar-refractivity contribution is 6.30. The van der Waals surface area contributed by atoms with Crippen LogP contribution in [0, 0.1) is 0 Å². The van der Waals surface area contributed by atoms with Gasteiger partial charge in [-0.25, -0.2) is 0 Å². The van der Waals surface area contributed by atoms with E-state index in [9.17, 15) is 9.59 Å². The number of hydrogen-bond donors (Lipinski definition) is 0. The standard InChI is InChI=1S/C24H27ClN4O2/c1-26-21-16-17(5-10-20(21)24(31)29-11-3-2-4-22(26)29)23(30)28-14-12-27(13-15-28)19-8-6-18(25)7-9-19/h5-10,16,22H,2-4,11-15H2,1H3/t22-/m1/s1. The first-order valence-electron chi connectivity index (χ1n) is 11.0. The van der Waals surface area contributed by atoms with Crippen LogP contribution in [0.25, 0.3) is 0 Å². The molecular formula is C24H27ClN4O2. The Bertz CT molecular complexity index is 1000. The van der Waals surface area contributed by atoms with Crippen LogP contribution in [-0.2, 0) is 0 Å². The molecule has 31 heavy (non-hydrogen) atoms. The first-order chi connectivity index (χ1) is 15.0. The lowest BCUT2D eigenvalue weighted by molar-refractivity contribution is 0.0588. The summed E-state index contributed by atoms with van der Waals surface area (Å²) in [7, 11) is 2.04. The molecule has 0 aliphatic carbocycles. The lowest BCUT2D eigenvalue weighted by Gasteiger charge is -2.46. The van der Waals surface area contributed by atoms with Gasteiger partial charge in [0, 0.05) is 56.0 Å². The number of halogens is 1. The van der Waals surface area contributed by atoms with Crippen LogP contribution in [0.4, 0.5) is 11.4 Å². The third-order valence-corrected chi connectivity index (χ3v) is 7.04. The molecule has 0 bridgehead atoms. The van der Waals surface area contributed by atoms with Gasteiger partial charge in [-0.1, -0.05) is 11.6 Å². The molecule has 0 aromatic heterocycles. The fraction of sp³-hybridized carbons (Fsp3) is 0.417. The number of piperidine rings is 1. The Morgan fingerprint density at radius 3 is 2.45 bits per heavy atom. The van der Waals surface area contributed by atoms with Gasteiger partial charge < -0.3 is 19.6 Å². The van der Waals surface area contributed by atoms with E-state index >= 15 is 0 Å². The van der Waals surface area contributed by atoms with Gasteiger partial charge in [0.1, 0.15) is 6.17 Å². The number of anilines is 2. The monoisotopic (exact) mass is 438 g/mol. The summed E-state index contributed by atoms with van der Waals surface area (Å²) in [6.07, 6.45) is 3.27. The van der Waals surface area contributed by atoms with Crippen LogP contribution >= 0.6 is 11.6 Å². The molecule has 3 aliphatic heterocycles. The second kappa shape index (κ2) is 8.08. The van der Waals surface area contributed by atoms with Crippen molar-refractivity contribution in [3.05, 3.63) is 58.6 Å². The van der Waals surface area contributed by atoms with E-state index in [1.807, 2.05) is 59.3 Å². The average Bonchev–Trinajstić information content (AvgIpc) is 2.82. The summed E-state index contributed by atoms with van der Waals surface area (Å²) < 4.78 is 0. The molecule has 2 amide bonds. The molecule has 2 aromatic carbocycles. The second-order valence-corrected chi connectivity index (χ2v) is 9.01. The Kier molecular flexibility index (Phi) is 5.26. The zero-order valence-electron chi connectivity index (χ0n) is 17.8. The Morgan fingerprint density at radius 1 is 0.968 bits per heavy atom. The number of carbonyl (C=O) groups excluding carboxylic acids is 2. The molecular weight excluding hydrogens is 412 g/mol. The molecule has 0 N–H and O–H groups in total. The van der Waals surface area contributed by atoms with E-state index in [-0.39, 0.29) is 18.0 Å². The van der Waals surface area contributed by atoms with Crippen molar-refractivity contribution in [3.8, 4) is 0 Å². The Labute approximate surface area is 188 Å². The van der Waals surface area contributed by atoms with Gasteiger partial charge in [0.15, 0.2) is 0 Å². The fourth-order valence-corrected chi connectivity index (χ4v) is 5.13. The maximum atomic E-state index is 13.2. The first kappa shape index (κ1) is 20.2. The summed E-state index contributed by atoms with van der Waals surface area (Å²) in [4.78, 5) is 34.5. The SMILES string of the molecule is CN1c2cc(C(=O)N3CCN(c4ccc(Cl)cc4)CC3)ccc2C(=O)N2CCCC[C@@H]21. The predicted molar refractivity (Wildman–Crippen MR) is 123 cm³/mol. The van der Waals surface area contributed by atoms with Gasteiger partial charge in [-0.15, -0.1) is 0 Å². The molecule has 5 rings (SSSR count). The maximum Gasteiger partial charge on any atom is 0.257 e. The second-order valence-electron chi connectivity index (χ2n) is 8.57. The number of fused-ring (bicyclic) bond motifs is 2. The molecule has 0 unspecified atom stereocenters. The van der Waals surface area contributed by atoms with Crippen LogP contribution in [0.15, 0.2) is 42.5 Å². The van der Waals surface area contributed by atoms with E-state index < -0.39 is 0 Å². The number of carbonyl (C=O) groups is 2. The minimum atomic E-state index is 0.0329. The molecule has 0 radical (unpaired) electrons. The highest BCUT2D eigenvalue weighted by Crippen LogP contribution is 2.35. The molecule has 7 heteroatoms. The van der Waals surface area contributed by atoms with Crippen molar-refractivity contribution < 1.29 is 9.59 Å². The van der Waals surface area contributed by atoms with Gasteiger partial charge in [0.25, 0.3) is 11.8 Å². The summed E-state index contributed by atoms with van der Waals surface area (Å²) in [6.45, 7) is 3.72. The highest BCUT2D eigenvalue weighted by atomic mass is 35.5. The molecule has 3 aliphatic rings. The van der Waals surface area contributed by atoms with Crippen molar-refractivity contribution in [2.75, 3.05) is 49.6 Å². The lowest BCUT2D eigenvalue weighted by Crippen LogP contribution is -2.56. The number of rotatable bonds is 2. The molecule has 3 heterocycles. The predicted octanol–water partition coefficient (Wildman–Crippen LogP) is 3.70. The fourth-order valence-electron chi connectivity index (χ4n) is 5.01.